The van der Waals surface area contributed by atoms with E-state index in [9.17, 15) is 14.7 Å². The van der Waals surface area contributed by atoms with E-state index < -0.39 is 18.7 Å². The minimum absolute atomic E-state index is 0.0375. The first kappa shape index (κ1) is 14.6. The van der Waals surface area contributed by atoms with Crippen molar-refractivity contribution in [2.45, 2.75) is 19.1 Å². The van der Waals surface area contributed by atoms with Gasteiger partial charge in [-0.2, -0.15) is 0 Å². The second kappa shape index (κ2) is 6.49. The van der Waals surface area contributed by atoms with Gasteiger partial charge in [0.05, 0.1) is 6.61 Å². The topological polar surface area (TPSA) is 94.8 Å². The first-order valence-corrected chi connectivity index (χ1v) is 5.79. The number of carbonyl (C=O) groups excluding carboxylic acids is 1. The number of hydrogen-bond donors (Lipinski definition) is 3. The molecule has 0 aromatic heterocycles. The van der Waals surface area contributed by atoms with Gasteiger partial charge in [-0.15, -0.1) is 11.6 Å². The molecule has 3 N–H and O–H groups in total. The molecule has 0 bridgehead atoms. The zero-order valence-corrected chi connectivity index (χ0v) is 10.2. The summed E-state index contributed by atoms with van der Waals surface area (Å²) >= 11 is 5.47. The molecule has 98 valence electrons. The number of carboxylic acids is 1. The smallest absolute Gasteiger partial charge is 0.337 e. The van der Waals surface area contributed by atoms with E-state index in [0.29, 0.717) is 0 Å². The number of halogens is 1. The fraction of sp³-hybridized carbons (Fsp3) is 0.333. The maximum atomic E-state index is 11.8. The van der Waals surface area contributed by atoms with E-state index >= 15 is 0 Å². The van der Waals surface area contributed by atoms with Gasteiger partial charge in [0.25, 0.3) is 0 Å². The van der Waals surface area contributed by atoms with Crippen LogP contribution in [0.25, 0.3) is 0 Å². The molecule has 6 heteroatoms. The molecule has 0 fully saturated rings. The van der Waals surface area contributed by atoms with Gasteiger partial charge >= 0.3 is 5.97 Å². The van der Waals surface area contributed by atoms with Gasteiger partial charge in [0.15, 0.2) is 11.9 Å². The second-order valence-corrected chi connectivity index (χ2v) is 4.02. The summed E-state index contributed by atoms with van der Waals surface area (Å²) in [5.74, 6) is -1.74. The quantitative estimate of drug-likeness (QED) is 0.533. The number of carboxylic acid groups (broad SMARTS) is 1. The molecule has 0 saturated heterocycles. The number of carbonyl (C=O) groups is 2. The van der Waals surface area contributed by atoms with Crippen LogP contribution in [-0.4, -0.2) is 33.0 Å². The fourth-order valence-electron chi connectivity index (χ4n) is 1.66. The van der Waals surface area contributed by atoms with Gasteiger partial charge in [-0.3, -0.25) is 4.79 Å². The van der Waals surface area contributed by atoms with Crippen LogP contribution in [0.5, 0.6) is 0 Å². The summed E-state index contributed by atoms with van der Waals surface area (Å²) in [5.41, 5.74) is 0.227. The Morgan fingerprint density at radius 3 is 2.50 bits per heavy atom. The zero-order valence-electron chi connectivity index (χ0n) is 9.47. The van der Waals surface area contributed by atoms with Crippen molar-refractivity contribution in [2.75, 3.05) is 5.88 Å². The van der Waals surface area contributed by atoms with Gasteiger partial charge in [-0.25, -0.2) is 4.79 Å². The Hall–Kier alpha value is -1.43. The molecule has 1 unspecified atom stereocenters. The summed E-state index contributed by atoms with van der Waals surface area (Å²) in [6, 6.07) is 4.39. The number of ketones is 1. The highest BCUT2D eigenvalue weighted by Crippen LogP contribution is 2.24. The van der Waals surface area contributed by atoms with Crippen molar-refractivity contribution in [3.63, 3.8) is 0 Å². The van der Waals surface area contributed by atoms with E-state index in [1.165, 1.54) is 18.2 Å². The summed E-state index contributed by atoms with van der Waals surface area (Å²) in [6.45, 7) is -0.457. The molecule has 0 aliphatic heterocycles. The maximum absolute atomic E-state index is 11.8. The number of aliphatic hydroxyl groups excluding tert-OH is 2. The molecule has 1 aromatic rings. The van der Waals surface area contributed by atoms with Gasteiger partial charge in [0, 0.05) is 23.4 Å². The Kier molecular flexibility index (Phi) is 5.27. The van der Waals surface area contributed by atoms with Crippen LogP contribution in [-0.2, 0) is 11.4 Å². The van der Waals surface area contributed by atoms with E-state index in [1.807, 2.05) is 0 Å². The average molecular weight is 273 g/mol. The highest BCUT2D eigenvalue weighted by Gasteiger charge is 2.25. The molecule has 0 radical (unpaired) electrons. The highest BCUT2D eigenvalue weighted by molar-refractivity contribution is 6.19. The number of hydrogen-bond acceptors (Lipinski definition) is 4. The van der Waals surface area contributed by atoms with Crippen LogP contribution in [0.2, 0.25) is 0 Å². The van der Waals surface area contributed by atoms with E-state index in [-0.39, 0.29) is 34.8 Å². The van der Waals surface area contributed by atoms with Gasteiger partial charge < -0.3 is 15.3 Å². The van der Waals surface area contributed by atoms with Crippen LogP contribution in [0.15, 0.2) is 18.2 Å². The van der Waals surface area contributed by atoms with E-state index in [0.717, 1.165) is 0 Å². The second-order valence-electron chi connectivity index (χ2n) is 3.64. The summed E-state index contributed by atoms with van der Waals surface area (Å²) in [4.78, 5) is 22.6. The summed E-state index contributed by atoms with van der Waals surface area (Å²) in [6.07, 6.45) is -1.81. The minimum Gasteiger partial charge on any atom is -0.479 e. The Labute approximate surface area is 109 Å². The van der Waals surface area contributed by atoms with Crippen molar-refractivity contribution in [1.29, 1.82) is 0 Å². The number of aliphatic hydroxyl groups is 2. The normalized spacial score (nSPS) is 12.2. The summed E-state index contributed by atoms with van der Waals surface area (Å²) in [5, 5.41) is 27.6. The lowest BCUT2D eigenvalue weighted by Gasteiger charge is -2.15. The van der Waals surface area contributed by atoms with Crippen molar-refractivity contribution in [2.24, 2.45) is 0 Å². The predicted octanol–water partition coefficient (Wildman–Crippen LogP) is 1.11. The molecular formula is C12H13ClO5. The lowest BCUT2D eigenvalue weighted by atomic mass is 9.93. The molecule has 18 heavy (non-hydrogen) atoms. The molecular weight excluding hydrogens is 260 g/mol. The highest BCUT2D eigenvalue weighted by atomic mass is 35.5. The lowest BCUT2D eigenvalue weighted by molar-refractivity contribution is -0.147. The molecule has 0 spiro atoms. The van der Waals surface area contributed by atoms with Crippen LogP contribution in [0.1, 0.15) is 34.0 Å². The molecule has 1 atom stereocenters. The third-order valence-electron chi connectivity index (χ3n) is 2.50. The number of alkyl halides is 1. The number of benzene rings is 1. The van der Waals surface area contributed by atoms with Gasteiger partial charge in [0.1, 0.15) is 0 Å². The molecule has 0 heterocycles. The van der Waals surface area contributed by atoms with Crippen molar-refractivity contribution in [1.82, 2.24) is 0 Å². The molecule has 0 aliphatic rings. The molecule has 0 amide bonds. The average Bonchev–Trinajstić information content (AvgIpc) is 2.37. The Bertz CT molecular complexity index is 458. The fourth-order valence-corrected chi connectivity index (χ4v) is 1.83. The van der Waals surface area contributed by atoms with Crippen LogP contribution in [0.4, 0.5) is 0 Å². The van der Waals surface area contributed by atoms with Crippen LogP contribution in [0, 0.1) is 0 Å². The van der Waals surface area contributed by atoms with Gasteiger partial charge in [0.2, 0.25) is 0 Å². The van der Waals surface area contributed by atoms with Gasteiger partial charge in [-0.1, -0.05) is 18.2 Å². The van der Waals surface area contributed by atoms with Crippen molar-refractivity contribution >= 4 is 23.4 Å². The largest absolute Gasteiger partial charge is 0.479 e. The van der Waals surface area contributed by atoms with Crippen LogP contribution in [0.3, 0.4) is 0 Å². The van der Waals surface area contributed by atoms with Crippen molar-refractivity contribution in [3.8, 4) is 0 Å². The minimum atomic E-state index is -1.84. The molecule has 1 rings (SSSR count). The molecule has 1 aromatic carbocycles. The lowest BCUT2D eigenvalue weighted by Crippen LogP contribution is -2.17. The van der Waals surface area contributed by atoms with E-state index in [2.05, 4.69) is 0 Å². The SMILES string of the molecule is O=C(CCCl)c1cccc(CO)c1C(O)C(=O)O. The Morgan fingerprint density at radius 2 is 2.00 bits per heavy atom. The summed E-state index contributed by atoms with van der Waals surface area (Å²) < 4.78 is 0. The van der Waals surface area contributed by atoms with Crippen molar-refractivity contribution in [3.05, 3.63) is 34.9 Å². The van der Waals surface area contributed by atoms with E-state index in [1.54, 1.807) is 0 Å². The first-order valence-electron chi connectivity index (χ1n) is 5.25. The number of rotatable bonds is 6. The molecule has 5 nitrogen and oxygen atoms in total. The Balaban J connectivity index is 3.33. The zero-order chi connectivity index (χ0) is 13.7. The molecule has 0 aliphatic carbocycles. The van der Waals surface area contributed by atoms with Gasteiger partial charge in [-0.05, 0) is 5.56 Å². The third-order valence-corrected chi connectivity index (χ3v) is 2.69. The monoisotopic (exact) mass is 272 g/mol. The standard InChI is InChI=1S/C12H13ClO5/c13-5-4-9(15)8-3-1-2-7(6-14)10(8)11(16)12(17)18/h1-3,11,14,16H,4-6H2,(H,17,18). The van der Waals surface area contributed by atoms with Crippen LogP contribution >= 0.6 is 11.6 Å². The molecule has 0 saturated carbocycles. The first-order chi connectivity index (χ1) is 8.52. The van der Waals surface area contributed by atoms with Crippen LogP contribution < -0.4 is 0 Å². The van der Waals surface area contributed by atoms with Crippen molar-refractivity contribution < 1.29 is 24.9 Å². The number of Topliss-reactive ketones (excluding diaryl/α,β-unsaturated/α-hetero) is 1. The predicted molar refractivity (Wildman–Crippen MR) is 64.6 cm³/mol. The maximum Gasteiger partial charge on any atom is 0.337 e. The van der Waals surface area contributed by atoms with E-state index in [4.69, 9.17) is 21.8 Å². The number of aliphatic carboxylic acids is 1. The summed E-state index contributed by atoms with van der Waals surface area (Å²) in [7, 11) is 0. The Morgan fingerprint density at radius 1 is 1.33 bits per heavy atom. The third kappa shape index (κ3) is 3.07.